The topological polar surface area (TPSA) is 109 Å². The largest absolute Gasteiger partial charge is 0.354 e. The number of aryl methyl sites for hydroxylation is 2. The highest BCUT2D eigenvalue weighted by atomic mass is 32.2. The van der Waals surface area contributed by atoms with Crippen molar-refractivity contribution in [3.63, 3.8) is 0 Å². The molecule has 30 heavy (non-hydrogen) atoms. The summed E-state index contributed by atoms with van der Waals surface area (Å²) in [5, 5.41) is 1.43. The standard InChI is InChI=1S/C22H16N2O5S/c1-11-5-3-6-12-19(11)23-16-9-15-17(10-14(16)21(12)25)24(2)20-13(22(15)26)7-4-8-18(20)30(27,28)29/h3-10H,1-2H3,(H,23,25)(H,27,28,29). The molecule has 8 heteroatoms. The highest BCUT2D eigenvalue weighted by Gasteiger charge is 2.20. The van der Waals surface area contributed by atoms with Gasteiger partial charge in [-0.1, -0.05) is 18.2 Å². The number of hydrogen-bond donors (Lipinski definition) is 2. The van der Waals surface area contributed by atoms with Crippen LogP contribution in [-0.2, 0) is 17.2 Å². The lowest BCUT2D eigenvalue weighted by molar-refractivity contribution is 0.484. The molecule has 0 amide bonds. The summed E-state index contributed by atoms with van der Waals surface area (Å²) < 4.78 is 34.9. The Kier molecular flexibility index (Phi) is 3.71. The van der Waals surface area contributed by atoms with E-state index in [1.807, 2.05) is 13.0 Å². The summed E-state index contributed by atoms with van der Waals surface area (Å²) in [7, 11) is -2.95. The maximum Gasteiger partial charge on any atom is 0.296 e. The molecule has 0 aliphatic rings. The molecule has 5 rings (SSSR count). The van der Waals surface area contributed by atoms with Gasteiger partial charge < -0.3 is 9.55 Å². The molecule has 0 spiro atoms. The Morgan fingerprint density at radius 3 is 2.30 bits per heavy atom. The first-order valence-corrected chi connectivity index (χ1v) is 10.6. The molecule has 150 valence electrons. The Morgan fingerprint density at radius 1 is 0.900 bits per heavy atom. The van der Waals surface area contributed by atoms with Crippen molar-refractivity contribution in [3.8, 4) is 0 Å². The molecule has 3 aromatic carbocycles. The van der Waals surface area contributed by atoms with E-state index in [2.05, 4.69) is 4.98 Å². The lowest BCUT2D eigenvalue weighted by Gasteiger charge is -2.14. The van der Waals surface area contributed by atoms with Gasteiger partial charge in [0.1, 0.15) is 4.90 Å². The molecule has 0 saturated heterocycles. The average molecular weight is 420 g/mol. The molecular weight excluding hydrogens is 404 g/mol. The van der Waals surface area contributed by atoms with Crippen molar-refractivity contribution in [1.82, 2.24) is 9.55 Å². The summed E-state index contributed by atoms with van der Waals surface area (Å²) in [4.78, 5) is 29.2. The van der Waals surface area contributed by atoms with Gasteiger partial charge in [0, 0.05) is 28.6 Å². The fraction of sp³-hybridized carbons (Fsp3) is 0.0909. The van der Waals surface area contributed by atoms with Gasteiger partial charge in [0.15, 0.2) is 10.9 Å². The van der Waals surface area contributed by atoms with Crippen molar-refractivity contribution >= 4 is 53.7 Å². The molecule has 2 N–H and O–H groups in total. The van der Waals surface area contributed by atoms with Gasteiger partial charge in [0.25, 0.3) is 10.1 Å². The van der Waals surface area contributed by atoms with Crippen LogP contribution in [0.5, 0.6) is 0 Å². The molecule has 5 aromatic rings. The van der Waals surface area contributed by atoms with Gasteiger partial charge in [-0.15, -0.1) is 0 Å². The summed E-state index contributed by atoms with van der Waals surface area (Å²) in [6, 6.07) is 12.8. The average Bonchev–Trinajstić information content (AvgIpc) is 2.71. The van der Waals surface area contributed by atoms with Gasteiger partial charge in [-0.05, 0) is 42.8 Å². The van der Waals surface area contributed by atoms with Crippen LogP contribution < -0.4 is 10.9 Å². The minimum Gasteiger partial charge on any atom is -0.354 e. The highest BCUT2D eigenvalue weighted by Crippen LogP contribution is 2.27. The van der Waals surface area contributed by atoms with E-state index in [9.17, 15) is 22.6 Å². The molecule has 0 aliphatic heterocycles. The number of nitrogens with zero attached hydrogens (tertiary/aromatic N) is 1. The number of benzene rings is 3. The van der Waals surface area contributed by atoms with Crippen molar-refractivity contribution in [3.05, 3.63) is 74.5 Å². The number of fused-ring (bicyclic) bond motifs is 4. The van der Waals surface area contributed by atoms with Crippen LogP contribution >= 0.6 is 0 Å². The zero-order chi connectivity index (χ0) is 21.4. The molecule has 2 heterocycles. The SMILES string of the molecule is Cc1cccc2c(=O)c3cc4c(cc3[nH]c12)c(=O)c1cccc(S(=O)(=O)O)c1n4C. The second-order valence-corrected chi connectivity index (χ2v) is 8.77. The smallest absolute Gasteiger partial charge is 0.296 e. The number of para-hydroxylation sites is 2. The Bertz CT molecular complexity index is 1780. The number of hydrogen-bond acceptors (Lipinski definition) is 4. The van der Waals surface area contributed by atoms with Crippen LogP contribution in [0.2, 0.25) is 0 Å². The summed E-state index contributed by atoms with van der Waals surface area (Å²) in [5.41, 5.74) is 2.07. The van der Waals surface area contributed by atoms with Gasteiger partial charge >= 0.3 is 0 Å². The number of aromatic nitrogens is 2. The molecule has 2 aromatic heterocycles. The minimum atomic E-state index is -4.55. The number of nitrogens with one attached hydrogen (secondary N) is 1. The third kappa shape index (κ3) is 2.44. The Labute approximate surface area is 169 Å². The zero-order valence-electron chi connectivity index (χ0n) is 16.1. The molecule has 0 bridgehead atoms. The third-order valence-corrected chi connectivity index (χ3v) is 6.51. The molecule has 7 nitrogen and oxygen atoms in total. The molecular formula is C22H16N2O5S. The van der Waals surface area contributed by atoms with E-state index in [0.29, 0.717) is 32.7 Å². The normalized spacial score (nSPS) is 12.4. The van der Waals surface area contributed by atoms with Gasteiger partial charge in [-0.25, -0.2) is 0 Å². The molecule has 0 radical (unpaired) electrons. The summed E-state index contributed by atoms with van der Waals surface area (Å²) >= 11 is 0. The van der Waals surface area contributed by atoms with Crippen molar-refractivity contribution in [2.75, 3.05) is 0 Å². The fourth-order valence-corrected chi connectivity index (χ4v) is 4.91. The molecule has 0 aliphatic carbocycles. The van der Waals surface area contributed by atoms with Crippen LogP contribution in [0.25, 0.3) is 43.6 Å². The predicted molar refractivity (Wildman–Crippen MR) is 117 cm³/mol. The monoisotopic (exact) mass is 420 g/mol. The molecule has 0 unspecified atom stereocenters. The van der Waals surface area contributed by atoms with E-state index < -0.39 is 10.1 Å². The number of pyridine rings is 2. The number of aromatic amines is 1. The molecule has 0 fully saturated rings. The lowest BCUT2D eigenvalue weighted by atomic mass is 10.0. The van der Waals surface area contributed by atoms with E-state index in [0.717, 1.165) is 5.56 Å². The second kappa shape index (κ2) is 6.01. The van der Waals surface area contributed by atoms with E-state index in [1.54, 1.807) is 31.3 Å². The van der Waals surface area contributed by atoms with Gasteiger partial charge in [0.2, 0.25) is 0 Å². The van der Waals surface area contributed by atoms with Crippen molar-refractivity contribution in [2.24, 2.45) is 7.05 Å². The van der Waals surface area contributed by atoms with Gasteiger partial charge in [0.05, 0.1) is 22.1 Å². The van der Waals surface area contributed by atoms with Crippen LogP contribution in [0.1, 0.15) is 5.56 Å². The van der Waals surface area contributed by atoms with Crippen LogP contribution in [0, 0.1) is 6.92 Å². The van der Waals surface area contributed by atoms with Crippen molar-refractivity contribution in [2.45, 2.75) is 11.8 Å². The van der Waals surface area contributed by atoms with Crippen LogP contribution in [0.4, 0.5) is 0 Å². The zero-order valence-corrected chi connectivity index (χ0v) is 16.9. The Balaban J connectivity index is 2.07. The first-order chi connectivity index (χ1) is 14.2. The van der Waals surface area contributed by atoms with Crippen LogP contribution in [0.15, 0.2) is 63.0 Å². The summed E-state index contributed by atoms with van der Waals surface area (Å²) in [5.74, 6) is 0. The lowest BCUT2D eigenvalue weighted by Crippen LogP contribution is -2.14. The van der Waals surface area contributed by atoms with Gasteiger partial charge in [-0.2, -0.15) is 8.42 Å². The first kappa shape index (κ1) is 18.5. The van der Waals surface area contributed by atoms with E-state index in [4.69, 9.17) is 0 Å². The minimum absolute atomic E-state index is 0.0879. The summed E-state index contributed by atoms with van der Waals surface area (Å²) in [6.45, 7) is 1.90. The Hall–Kier alpha value is -3.49. The van der Waals surface area contributed by atoms with Crippen LogP contribution in [0.3, 0.4) is 0 Å². The molecule has 0 atom stereocenters. The predicted octanol–water partition coefficient (Wildman–Crippen LogP) is 3.24. The van der Waals surface area contributed by atoms with E-state index in [1.165, 1.54) is 22.8 Å². The van der Waals surface area contributed by atoms with Gasteiger partial charge in [-0.3, -0.25) is 14.1 Å². The highest BCUT2D eigenvalue weighted by molar-refractivity contribution is 7.86. The van der Waals surface area contributed by atoms with Crippen molar-refractivity contribution < 1.29 is 13.0 Å². The first-order valence-electron chi connectivity index (χ1n) is 9.17. The van der Waals surface area contributed by atoms with E-state index >= 15 is 0 Å². The number of rotatable bonds is 1. The quantitative estimate of drug-likeness (QED) is 0.320. The number of H-pyrrole nitrogens is 1. The molecule has 0 saturated carbocycles. The van der Waals surface area contributed by atoms with Crippen LogP contribution in [-0.4, -0.2) is 22.5 Å². The third-order valence-electron chi connectivity index (χ3n) is 5.62. The second-order valence-electron chi connectivity index (χ2n) is 7.38. The summed E-state index contributed by atoms with van der Waals surface area (Å²) in [6.07, 6.45) is 0. The van der Waals surface area contributed by atoms with E-state index in [-0.39, 0.29) is 26.7 Å². The maximum atomic E-state index is 13.2. The Morgan fingerprint density at radius 2 is 1.57 bits per heavy atom. The fourth-order valence-electron chi connectivity index (χ4n) is 4.17. The van der Waals surface area contributed by atoms with Crippen molar-refractivity contribution in [1.29, 1.82) is 0 Å². The maximum absolute atomic E-state index is 13.2.